The highest BCUT2D eigenvalue weighted by atomic mass is 16.5. The van der Waals surface area contributed by atoms with Crippen molar-refractivity contribution in [1.82, 2.24) is 9.80 Å². The average Bonchev–Trinajstić information content (AvgIpc) is 3.01. The van der Waals surface area contributed by atoms with E-state index in [0.29, 0.717) is 69.5 Å². The van der Waals surface area contributed by atoms with Gasteiger partial charge in [0.15, 0.2) is 0 Å². The molecule has 0 aromatic heterocycles. The van der Waals surface area contributed by atoms with Gasteiger partial charge in [-0.3, -0.25) is 14.5 Å². The number of benzene rings is 1. The molecule has 1 aromatic carbocycles. The first-order valence-corrected chi connectivity index (χ1v) is 10.3. The zero-order chi connectivity index (χ0) is 20.6. The summed E-state index contributed by atoms with van der Waals surface area (Å²) in [6, 6.07) is 7.27. The van der Waals surface area contributed by atoms with Crippen molar-refractivity contribution in [2.45, 2.75) is 26.2 Å². The van der Waals surface area contributed by atoms with Crippen LogP contribution in [0.1, 0.15) is 31.7 Å². The molecule has 0 aliphatic carbocycles. The van der Waals surface area contributed by atoms with E-state index in [1.165, 1.54) is 4.90 Å². The lowest BCUT2D eigenvalue weighted by atomic mass is 10.0. The second-order valence-corrected chi connectivity index (χ2v) is 7.13. The minimum absolute atomic E-state index is 0.226. The summed E-state index contributed by atoms with van der Waals surface area (Å²) in [6.45, 7) is 6.03. The maximum Gasteiger partial charge on any atom is 0.277 e. The van der Waals surface area contributed by atoms with Gasteiger partial charge in [-0.05, 0) is 30.5 Å². The number of methoxy groups -OCH3 is 1. The van der Waals surface area contributed by atoms with Crippen LogP contribution < -0.4 is 4.74 Å². The average molecular weight is 402 g/mol. The Labute approximate surface area is 172 Å². The van der Waals surface area contributed by atoms with Crippen molar-refractivity contribution in [3.8, 4) is 5.75 Å². The zero-order valence-electron chi connectivity index (χ0n) is 17.3. The van der Waals surface area contributed by atoms with Gasteiger partial charge in [-0.25, -0.2) is 0 Å². The molecular formula is C22H30N2O5. The van der Waals surface area contributed by atoms with Crippen molar-refractivity contribution in [1.29, 1.82) is 0 Å². The molecule has 0 saturated carbocycles. The molecule has 29 heavy (non-hydrogen) atoms. The Morgan fingerprint density at radius 1 is 1.00 bits per heavy atom. The molecule has 2 aliphatic rings. The van der Waals surface area contributed by atoms with Crippen LogP contribution in [0.4, 0.5) is 0 Å². The smallest absolute Gasteiger partial charge is 0.277 e. The first kappa shape index (κ1) is 21.3. The highest BCUT2D eigenvalue weighted by Gasteiger charge is 2.41. The molecule has 3 rings (SSSR count). The molecule has 0 radical (unpaired) electrons. The quantitative estimate of drug-likeness (QED) is 0.442. The minimum atomic E-state index is -0.241. The fraction of sp³-hybridized carbons (Fsp3) is 0.545. The van der Waals surface area contributed by atoms with Gasteiger partial charge in [-0.1, -0.05) is 25.5 Å². The van der Waals surface area contributed by atoms with E-state index >= 15 is 0 Å². The molecule has 0 N–H and O–H groups in total. The first-order valence-electron chi connectivity index (χ1n) is 10.3. The van der Waals surface area contributed by atoms with Crippen LogP contribution in [-0.2, 0) is 19.1 Å². The molecule has 2 heterocycles. The van der Waals surface area contributed by atoms with Gasteiger partial charge in [0.25, 0.3) is 11.8 Å². The highest BCUT2D eigenvalue weighted by Crippen LogP contribution is 2.33. The predicted octanol–water partition coefficient (Wildman–Crippen LogP) is 2.31. The van der Waals surface area contributed by atoms with Gasteiger partial charge < -0.3 is 19.1 Å². The van der Waals surface area contributed by atoms with Gasteiger partial charge >= 0.3 is 0 Å². The van der Waals surface area contributed by atoms with Crippen LogP contribution >= 0.6 is 0 Å². The molecule has 0 atom stereocenters. The third-order valence-corrected chi connectivity index (χ3v) is 5.16. The number of carbonyl (C=O) groups is 2. The topological polar surface area (TPSA) is 68.3 Å². The van der Waals surface area contributed by atoms with E-state index in [2.05, 4.69) is 6.92 Å². The third kappa shape index (κ3) is 4.97. The largest absolute Gasteiger partial charge is 0.497 e. The normalized spacial score (nSPS) is 17.4. The van der Waals surface area contributed by atoms with E-state index < -0.39 is 0 Å². The maximum absolute atomic E-state index is 13.2. The predicted molar refractivity (Wildman–Crippen MR) is 109 cm³/mol. The van der Waals surface area contributed by atoms with Crippen molar-refractivity contribution in [3.05, 3.63) is 35.5 Å². The SMILES string of the molecule is CCCCOCCCN1C(=O)C(c2ccc(OC)cc2)=C(N2CCOCC2)C1=O. The van der Waals surface area contributed by atoms with Gasteiger partial charge in [-0.15, -0.1) is 0 Å². The van der Waals surface area contributed by atoms with E-state index in [-0.39, 0.29) is 11.8 Å². The van der Waals surface area contributed by atoms with Crippen LogP contribution in [0.5, 0.6) is 5.75 Å². The van der Waals surface area contributed by atoms with Gasteiger partial charge in [0.2, 0.25) is 0 Å². The van der Waals surface area contributed by atoms with Crippen LogP contribution in [0.25, 0.3) is 5.57 Å². The van der Waals surface area contributed by atoms with Crippen LogP contribution in [0.3, 0.4) is 0 Å². The second kappa shape index (κ2) is 10.4. The summed E-state index contributed by atoms with van der Waals surface area (Å²) in [5, 5.41) is 0. The zero-order valence-corrected chi connectivity index (χ0v) is 17.3. The summed E-state index contributed by atoms with van der Waals surface area (Å²) >= 11 is 0. The molecule has 2 amide bonds. The van der Waals surface area contributed by atoms with E-state index in [1.807, 2.05) is 17.0 Å². The lowest BCUT2D eigenvalue weighted by Gasteiger charge is -2.29. The number of hydrogen-bond acceptors (Lipinski definition) is 6. The summed E-state index contributed by atoms with van der Waals surface area (Å²) < 4.78 is 16.2. The van der Waals surface area contributed by atoms with E-state index in [4.69, 9.17) is 14.2 Å². The maximum atomic E-state index is 13.2. The van der Waals surface area contributed by atoms with Gasteiger partial charge in [0.05, 0.1) is 25.9 Å². The molecular weight excluding hydrogens is 372 g/mol. The van der Waals surface area contributed by atoms with Gasteiger partial charge in [0, 0.05) is 32.8 Å². The number of hydrogen-bond donors (Lipinski definition) is 0. The standard InChI is InChI=1S/C22H30N2O5/c1-3-4-13-28-14-5-10-24-21(25)19(17-6-8-18(27-2)9-7-17)20(22(24)26)23-11-15-29-16-12-23/h6-9H,3-5,10-16H2,1-2H3. The molecule has 1 fully saturated rings. The molecule has 0 unspecified atom stereocenters. The monoisotopic (exact) mass is 402 g/mol. The summed E-state index contributed by atoms with van der Waals surface area (Å²) in [5.74, 6) is 0.242. The number of morpholine rings is 1. The fourth-order valence-electron chi connectivity index (χ4n) is 3.54. The third-order valence-electron chi connectivity index (χ3n) is 5.16. The number of ether oxygens (including phenoxy) is 3. The molecule has 1 saturated heterocycles. The number of rotatable bonds is 10. The van der Waals surface area contributed by atoms with Crippen molar-refractivity contribution < 1.29 is 23.8 Å². The Morgan fingerprint density at radius 2 is 1.69 bits per heavy atom. The molecule has 2 aliphatic heterocycles. The number of carbonyl (C=O) groups excluding carboxylic acids is 2. The lowest BCUT2D eigenvalue weighted by molar-refractivity contribution is -0.138. The first-order chi connectivity index (χ1) is 14.2. The van der Waals surface area contributed by atoms with Crippen LogP contribution in [0.2, 0.25) is 0 Å². The molecule has 0 bridgehead atoms. The van der Waals surface area contributed by atoms with Crippen molar-refractivity contribution >= 4 is 17.4 Å². The Balaban J connectivity index is 1.78. The van der Waals surface area contributed by atoms with Gasteiger partial charge in [0.1, 0.15) is 11.4 Å². The number of unbranched alkanes of at least 4 members (excludes halogenated alkanes) is 1. The summed E-state index contributed by atoms with van der Waals surface area (Å²) in [4.78, 5) is 29.7. The van der Waals surface area contributed by atoms with E-state index in [1.54, 1.807) is 19.2 Å². The van der Waals surface area contributed by atoms with Crippen molar-refractivity contribution in [2.75, 3.05) is 53.2 Å². The summed E-state index contributed by atoms with van der Waals surface area (Å²) in [7, 11) is 1.60. The van der Waals surface area contributed by atoms with E-state index in [0.717, 1.165) is 18.4 Å². The molecule has 158 valence electrons. The van der Waals surface area contributed by atoms with Crippen LogP contribution in [0.15, 0.2) is 30.0 Å². The molecule has 0 spiro atoms. The minimum Gasteiger partial charge on any atom is -0.497 e. The molecule has 1 aromatic rings. The Bertz CT molecular complexity index is 738. The molecule has 7 heteroatoms. The number of nitrogens with zero attached hydrogens (tertiary/aromatic N) is 2. The Kier molecular flexibility index (Phi) is 7.66. The second-order valence-electron chi connectivity index (χ2n) is 7.13. The lowest BCUT2D eigenvalue weighted by Crippen LogP contribution is -2.40. The Hall–Kier alpha value is -2.38. The number of amides is 2. The van der Waals surface area contributed by atoms with Gasteiger partial charge in [-0.2, -0.15) is 0 Å². The van der Waals surface area contributed by atoms with Crippen molar-refractivity contribution in [3.63, 3.8) is 0 Å². The van der Waals surface area contributed by atoms with E-state index in [9.17, 15) is 9.59 Å². The van der Waals surface area contributed by atoms with Crippen LogP contribution in [-0.4, -0.2) is 74.8 Å². The van der Waals surface area contributed by atoms with Crippen LogP contribution in [0, 0.1) is 0 Å². The van der Waals surface area contributed by atoms with Crippen molar-refractivity contribution in [2.24, 2.45) is 0 Å². The fourth-order valence-corrected chi connectivity index (χ4v) is 3.54. The Morgan fingerprint density at radius 3 is 2.34 bits per heavy atom. The summed E-state index contributed by atoms with van der Waals surface area (Å²) in [5.41, 5.74) is 1.68. The molecule has 7 nitrogen and oxygen atoms in total. The number of imide groups is 1. The summed E-state index contributed by atoms with van der Waals surface area (Å²) in [6.07, 6.45) is 2.74. The highest BCUT2D eigenvalue weighted by molar-refractivity contribution is 6.35.